The number of carbonyl (C=O) groups is 1. The maximum absolute atomic E-state index is 12.1. The number of hydrogen-bond acceptors (Lipinski definition) is 1. The summed E-state index contributed by atoms with van der Waals surface area (Å²) in [7, 11) is 0. The van der Waals surface area contributed by atoms with E-state index in [4.69, 9.17) is 0 Å². The van der Waals surface area contributed by atoms with Crippen molar-refractivity contribution in [2.45, 2.75) is 19.8 Å². The summed E-state index contributed by atoms with van der Waals surface area (Å²) >= 11 is 2.21. The average molecular weight is 379 g/mol. The van der Waals surface area contributed by atoms with Gasteiger partial charge < -0.3 is 5.32 Å². The van der Waals surface area contributed by atoms with Gasteiger partial charge >= 0.3 is 0 Å². The molecule has 0 saturated heterocycles. The van der Waals surface area contributed by atoms with Gasteiger partial charge in [-0.05, 0) is 60.1 Å². The van der Waals surface area contributed by atoms with Crippen molar-refractivity contribution in [3.05, 3.63) is 68.8 Å². The third-order valence-electron chi connectivity index (χ3n) is 3.14. The molecule has 0 unspecified atom stereocenters. The minimum Gasteiger partial charge on any atom is -0.352 e. The standard InChI is InChI=1S/C17H18INO/c1-13-9-10-15(16(18)12-13)17(20)19-11-5-8-14-6-3-2-4-7-14/h2-4,6-7,9-10,12H,5,8,11H2,1H3,(H,19,20). The van der Waals surface area contributed by atoms with Crippen LogP contribution < -0.4 is 5.32 Å². The Hall–Kier alpha value is -1.36. The molecule has 104 valence electrons. The largest absolute Gasteiger partial charge is 0.352 e. The van der Waals surface area contributed by atoms with Crippen molar-refractivity contribution < 1.29 is 4.79 Å². The zero-order chi connectivity index (χ0) is 14.4. The van der Waals surface area contributed by atoms with Gasteiger partial charge in [-0.2, -0.15) is 0 Å². The molecule has 0 fully saturated rings. The number of halogens is 1. The summed E-state index contributed by atoms with van der Waals surface area (Å²) in [6, 6.07) is 16.2. The summed E-state index contributed by atoms with van der Waals surface area (Å²) in [5.74, 6) is 0.0162. The lowest BCUT2D eigenvalue weighted by Gasteiger charge is -2.07. The van der Waals surface area contributed by atoms with Crippen molar-refractivity contribution in [2.75, 3.05) is 6.54 Å². The maximum atomic E-state index is 12.1. The molecule has 1 amide bonds. The molecule has 3 heteroatoms. The number of aryl methyl sites for hydroxylation is 2. The fraction of sp³-hybridized carbons (Fsp3) is 0.235. The van der Waals surface area contributed by atoms with Gasteiger partial charge in [0.2, 0.25) is 0 Å². The van der Waals surface area contributed by atoms with Gasteiger partial charge in [0, 0.05) is 10.1 Å². The van der Waals surface area contributed by atoms with Gasteiger partial charge in [0.25, 0.3) is 5.91 Å². The van der Waals surface area contributed by atoms with E-state index in [1.165, 1.54) is 11.1 Å². The van der Waals surface area contributed by atoms with Crippen molar-refractivity contribution in [3.63, 3.8) is 0 Å². The lowest BCUT2D eigenvalue weighted by Crippen LogP contribution is -2.25. The summed E-state index contributed by atoms with van der Waals surface area (Å²) in [6.45, 7) is 2.74. The molecule has 0 aliphatic rings. The van der Waals surface area contributed by atoms with E-state index in [-0.39, 0.29) is 5.91 Å². The highest BCUT2D eigenvalue weighted by molar-refractivity contribution is 14.1. The first kappa shape index (κ1) is 15.0. The summed E-state index contributed by atoms with van der Waals surface area (Å²) in [5, 5.41) is 2.99. The highest BCUT2D eigenvalue weighted by Gasteiger charge is 2.08. The predicted octanol–water partition coefficient (Wildman–Crippen LogP) is 3.96. The van der Waals surface area contributed by atoms with Gasteiger partial charge in [-0.3, -0.25) is 4.79 Å². The Bertz CT molecular complexity index is 581. The lowest BCUT2D eigenvalue weighted by molar-refractivity contribution is 0.0952. The topological polar surface area (TPSA) is 29.1 Å². The Morgan fingerprint density at radius 1 is 1.15 bits per heavy atom. The highest BCUT2D eigenvalue weighted by Crippen LogP contribution is 2.14. The van der Waals surface area contributed by atoms with Crippen LogP contribution >= 0.6 is 22.6 Å². The van der Waals surface area contributed by atoms with Crippen LogP contribution in [0, 0.1) is 10.5 Å². The predicted molar refractivity (Wildman–Crippen MR) is 91.0 cm³/mol. The van der Waals surface area contributed by atoms with Crippen molar-refractivity contribution >= 4 is 28.5 Å². The van der Waals surface area contributed by atoms with Crippen LogP contribution in [0.4, 0.5) is 0 Å². The molecule has 0 aliphatic heterocycles. The molecule has 0 aromatic heterocycles. The smallest absolute Gasteiger partial charge is 0.252 e. The minimum absolute atomic E-state index is 0.0162. The molecule has 2 aromatic carbocycles. The summed E-state index contributed by atoms with van der Waals surface area (Å²) in [5.41, 5.74) is 3.25. The number of benzene rings is 2. The van der Waals surface area contributed by atoms with E-state index in [0.29, 0.717) is 6.54 Å². The van der Waals surface area contributed by atoms with Crippen LogP contribution in [0.2, 0.25) is 0 Å². The first-order valence-electron chi connectivity index (χ1n) is 6.75. The maximum Gasteiger partial charge on any atom is 0.252 e. The molecule has 0 saturated carbocycles. The number of rotatable bonds is 5. The molecule has 0 radical (unpaired) electrons. The Labute approximate surface area is 133 Å². The first-order valence-corrected chi connectivity index (χ1v) is 7.83. The van der Waals surface area contributed by atoms with Gasteiger partial charge in [-0.15, -0.1) is 0 Å². The summed E-state index contributed by atoms with van der Waals surface area (Å²) in [6.07, 6.45) is 1.95. The highest BCUT2D eigenvalue weighted by atomic mass is 127. The van der Waals surface area contributed by atoms with Crippen LogP contribution in [0.25, 0.3) is 0 Å². The van der Waals surface area contributed by atoms with Crippen molar-refractivity contribution in [1.29, 1.82) is 0 Å². The molecule has 0 aliphatic carbocycles. The Morgan fingerprint density at radius 2 is 1.90 bits per heavy atom. The van der Waals surface area contributed by atoms with E-state index in [9.17, 15) is 4.79 Å². The normalized spacial score (nSPS) is 10.3. The van der Waals surface area contributed by atoms with Gasteiger partial charge in [-0.25, -0.2) is 0 Å². The molecule has 1 N–H and O–H groups in total. The Morgan fingerprint density at radius 3 is 2.60 bits per heavy atom. The Balaban J connectivity index is 1.80. The third kappa shape index (κ3) is 4.34. The summed E-state index contributed by atoms with van der Waals surface area (Å²) < 4.78 is 1.00. The van der Waals surface area contributed by atoms with E-state index in [1.54, 1.807) is 0 Å². The summed E-state index contributed by atoms with van der Waals surface area (Å²) in [4.78, 5) is 12.1. The molecule has 2 rings (SSSR count). The third-order valence-corrected chi connectivity index (χ3v) is 4.03. The molecule has 2 nitrogen and oxygen atoms in total. The van der Waals surface area contributed by atoms with E-state index < -0.39 is 0 Å². The fourth-order valence-corrected chi connectivity index (χ4v) is 2.95. The number of amides is 1. The molecule has 0 heterocycles. The van der Waals surface area contributed by atoms with Crippen LogP contribution in [-0.4, -0.2) is 12.5 Å². The average Bonchev–Trinajstić information content (AvgIpc) is 2.44. The second-order valence-corrected chi connectivity index (χ2v) is 5.99. The molecule has 20 heavy (non-hydrogen) atoms. The minimum atomic E-state index is 0.0162. The van der Waals surface area contributed by atoms with Crippen molar-refractivity contribution in [1.82, 2.24) is 5.32 Å². The monoisotopic (exact) mass is 379 g/mol. The molecular formula is C17H18INO. The zero-order valence-corrected chi connectivity index (χ0v) is 13.7. The zero-order valence-electron chi connectivity index (χ0n) is 11.5. The Kier molecular flexibility index (Phi) is 5.59. The number of carbonyl (C=O) groups excluding carboxylic acids is 1. The molecular weight excluding hydrogens is 361 g/mol. The van der Waals surface area contributed by atoms with Crippen LogP contribution in [0.1, 0.15) is 27.9 Å². The number of nitrogens with one attached hydrogen (secondary N) is 1. The van der Waals surface area contributed by atoms with Crippen molar-refractivity contribution in [3.8, 4) is 0 Å². The quantitative estimate of drug-likeness (QED) is 0.619. The SMILES string of the molecule is Cc1ccc(C(=O)NCCCc2ccccc2)c(I)c1. The van der Waals surface area contributed by atoms with Gasteiger partial charge in [0.15, 0.2) is 0 Å². The van der Waals surface area contributed by atoms with Gasteiger partial charge in [0.05, 0.1) is 5.56 Å². The van der Waals surface area contributed by atoms with Crippen LogP contribution in [0.15, 0.2) is 48.5 Å². The molecule has 2 aromatic rings. The second kappa shape index (κ2) is 7.43. The van der Waals surface area contributed by atoms with Gasteiger partial charge in [-0.1, -0.05) is 42.0 Å². The number of hydrogen-bond donors (Lipinski definition) is 1. The first-order chi connectivity index (χ1) is 9.66. The second-order valence-electron chi connectivity index (χ2n) is 4.83. The van der Waals surface area contributed by atoms with Crippen LogP contribution in [-0.2, 0) is 6.42 Å². The van der Waals surface area contributed by atoms with Crippen molar-refractivity contribution in [2.24, 2.45) is 0 Å². The van der Waals surface area contributed by atoms with Gasteiger partial charge in [0.1, 0.15) is 0 Å². The fourth-order valence-electron chi connectivity index (χ4n) is 2.04. The van der Waals surface area contributed by atoms with E-state index in [2.05, 4.69) is 40.0 Å². The molecule has 0 spiro atoms. The molecule has 0 bridgehead atoms. The van der Waals surface area contributed by atoms with E-state index in [0.717, 1.165) is 22.0 Å². The van der Waals surface area contributed by atoms with E-state index >= 15 is 0 Å². The molecule has 0 atom stereocenters. The van der Waals surface area contributed by atoms with Crippen LogP contribution in [0.5, 0.6) is 0 Å². The van der Waals surface area contributed by atoms with E-state index in [1.807, 2.05) is 43.3 Å². The lowest BCUT2D eigenvalue weighted by atomic mass is 10.1. The van der Waals surface area contributed by atoms with Crippen LogP contribution in [0.3, 0.4) is 0 Å².